The molecule has 0 aromatic heterocycles. The summed E-state index contributed by atoms with van der Waals surface area (Å²) in [6.07, 6.45) is 4.00. The van der Waals surface area contributed by atoms with Crippen LogP contribution in [0.4, 0.5) is 5.69 Å². The van der Waals surface area contributed by atoms with Crippen LogP contribution < -0.4 is 10.2 Å². The van der Waals surface area contributed by atoms with Gasteiger partial charge < -0.3 is 20.1 Å². The van der Waals surface area contributed by atoms with E-state index in [0.29, 0.717) is 13.2 Å². The third-order valence-electron chi connectivity index (χ3n) is 4.64. The lowest BCUT2D eigenvalue weighted by Gasteiger charge is -2.40. The molecule has 0 spiro atoms. The van der Waals surface area contributed by atoms with Gasteiger partial charge in [0.1, 0.15) is 0 Å². The molecule has 3 rings (SSSR count). The maximum atomic E-state index is 9.39. The summed E-state index contributed by atoms with van der Waals surface area (Å²) in [6.45, 7) is 5.59. The molecule has 4 heteroatoms. The first-order valence-corrected chi connectivity index (χ1v) is 8.05. The third kappa shape index (κ3) is 3.57. The molecular formula is C17H26N2O2. The SMILES string of the molecule is OCC1(CNCc2ccc(N3CCCCC3)cc2)COC1. The highest BCUT2D eigenvalue weighted by atomic mass is 16.5. The van der Waals surface area contributed by atoms with Crippen molar-refractivity contribution in [3.05, 3.63) is 29.8 Å². The number of nitrogens with zero attached hydrogens (tertiary/aromatic N) is 1. The molecule has 2 aliphatic heterocycles. The second-order valence-electron chi connectivity index (χ2n) is 6.47. The number of piperidine rings is 1. The molecule has 0 unspecified atom stereocenters. The molecule has 4 nitrogen and oxygen atoms in total. The number of nitrogens with one attached hydrogen (secondary N) is 1. The van der Waals surface area contributed by atoms with E-state index >= 15 is 0 Å². The number of aliphatic hydroxyl groups is 1. The van der Waals surface area contributed by atoms with Crippen molar-refractivity contribution in [3.63, 3.8) is 0 Å². The van der Waals surface area contributed by atoms with E-state index in [1.165, 1.54) is 43.6 Å². The fourth-order valence-electron chi connectivity index (χ4n) is 3.09. The van der Waals surface area contributed by atoms with Crippen LogP contribution >= 0.6 is 0 Å². The van der Waals surface area contributed by atoms with Gasteiger partial charge in [-0.1, -0.05) is 12.1 Å². The van der Waals surface area contributed by atoms with Gasteiger partial charge in [0.2, 0.25) is 0 Å². The first-order chi connectivity index (χ1) is 10.3. The zero-order chi connectivity index (χ0) is 14.5. The Labute approximate surface area is 127 Å². The van der Waals surface area contributed by atoms with Gasteiger partial charge in [-0.25, -0.2) is 0 Å². The molecule has 1 aromatic rings. The number of rotatable bonds is 6. The maximum Gasteiger partial charge on any atom is 0.0579 e. The van der Waals surface area contributed by atoms with Crippen molar-refractivity contribution in [1.82, 2.24) is 5.32 Å². The van der Waals surface area contributed by atoms with Gasteiger partial charge in [-0.3, -0.25) is 0 Å². The first-order valence-electron chi connectivity index (χ1n) is 8.05. The standard InChI is InChI=1S/C17H26N2O2/c20-12-17(13-21-14-17)11-18-10-15-4-6-16(7-5-15)19-8-2-1-3-9-19/h4-7,18,20H,1-3,8-14H2. The van der Waals surface area contributed by atoms with Crippen molar-refractivity contribution in [2.75, 3.05) is 44.4 Å². The molecule has 2 aliphatic rings. The second-order valence-corrected chi connectivity index (χ2v) is 6.47. The summed E-state index contributed by atoms with van der Waals surface area (Å²) in [5.74, 6) is 0. The van der Waals surface area contributed by atoms with E-state index in [4.69, 9.17) is 4.74 Å². The third-order valence-corrected chi connectivity index (χ3v) is 4.64. The molecule has 0 aliphatic carbocycles. The topological polar surface area (TPSA) is 44.7 Å². The summed E-state index contributed by atoms with van der Waals surface area (Å²) in [5.41, 5.74) is 2.59. The average molecular weight is 290 g/mol. The van der Waals surface area contributed by atoms with E-state index in [1.54, 1.807) is 0 Å². The molecule has 2 fully saturated rings. The summed E-state index contributed by atoms with van der Waals surface area (Å²) >= 11 is 0. The molecule has 116 valence electrons. The van der Waals surface area contributed by atoms with Crippen LogP contribution in [0, 0.1) is 5.41 Å². The largest absolute Gasteiger partial charge is 0.396 e. The van der Waals surface area contributed by atoms with Crippen LogP contribution in [0.25, 0.3) is 0 Å². The predicted molar refractivity (Wildman–Crippen MR) is 84.6 cm³/mol. The van der Waals surface area contributed by atoms with Crippen LogP contribution in [0.3, 0.4) is 0 Å². The lowest BCUT2D eigenvalue weighted by atomic mass is 9.87. The van der Waals surface area contributed by atoms with Crippen LogP contribution in [-0.2, 0) is 11.3 Å². The summed E-state index contributed by atoms with van der Waals surface area (Å²) < 4.78 is 5.21. The van der Waals surface area contributed by atoms with Crippen molar-refractivity contribution < 1.29 is 9.84 Å². The van der Waals surface area contributed by atoms with Gasteiger partial charge >= 0.3 is 0 Å². The summed E-state index contributed by atoms with van der Waals surface area (Å²) in [4.78, 5) is 2.48. The van der Waals surface area contributed by atoms with Crippen LogP contribution in [0.2, 0.25) is 0 Å². The van der Waals surface area contributed by atoms with Crippen molar-refractivity contribution in [2.24, 2.45) is 5.41 Å². The molecule has 0 atom stereocenters. The Morgan fingerprint density at radius 3 is 2.38 bits per heavy atom. The van der Waals surface area contributed by atoms with Crippen LogP contribution in [0.1, 0.15) is 24.8 Å². The average Bonchev–Trinajstić information content (AvgIpc) is 2.51. The minimum atomic E-state index is -0.0479. The molecule has 0 saturated carbocycles. The number of benzene rings is 1. The fourth-order valence-corrected chi connectivity index (χ4v) is 3.09. The van der Waals surface area contributed by atoms with Gasteiger partial charge in [0.15, 0.2) is 0 Å². The minimum absolute atomic E-state index is 0.0479. The zero-order valence-electron chi connectivity index (χ0n) is 12.7. The molecule has 0 amide bonds. The summed E-state index contributed by atoms with van der Waals surface area (Å²) in [5, 5.41) is 12.8. The van der Waals surface area contributed by atoms with Crippen LogP contribution in [0.15, 0.2) is 24.3 Å². The lowest BCUT2D eigenvalue weighted by Crippen LogP contribution is -2.52. The van der Waals surface area contributed by atoms with Crippen LogP contribution in [-0.4, -0.2) is 44.6 Å². The summed E-state index contributed by atoms with van der Waals surface area (Å²) in [7, 11) is 0. The van der Waals surface area contributed by atoms with Gasteiger partial charge in [-0.15, -0.1) is 0 Å². The Hall–Kier alpha value is -1.10. The maximum absolute atomic E-state index is 9.39. The lowest BCUT2D eigenvalue weighted by molar-refractivity contribution is -0.134. The van der Waals surface area contributed by atoms with E-state index < -0.39 is 0 Å². The zero-order valence-corrected chi connectivity index (χ0v) is 12.7. The van der Waals surface area contributed by atoms with E-state index in [0.717, 1.165) is 13.1 Å². The van der Waals surface area contributed by atoms with E-state index in [-0.39, 0.29) is 12.0 Å². The van der Waals surface area contributed by atoms with E-state index in [1.807, 2.05) is 0 Å². The second kappa shape index (κ2) is 6.77. The Balaban J connectivity index is 1.48. The van der Waals surface area contributed by atoms with Gasteiger partial charge in [0.05, 0.1) is 25.2 Å². The number of hydrogen-bond acceptors (Lipinski definition) is 4. The molecule has 0 bridgehead atoms. The number of anilines is 1. The Kier molecular flexibility index (Phi) is 4.78. The molecule has 1 aromatic carbocycles. The van der Waals surface area contributed by atoms with Gasteiger partial charge in [-0.2, -0.15) is 0 Å². The molecular weight excluding hydrogens is 264 g/mol. The quantitative estimate of drug-likeness (QED) is 0.838. The Morgan fingerprint density at radius 2 is 1.81 bits per heavy atom. The highest BCUT2D eigenvalue weighted by Gasteiger charge is 2.37. The molecule has 21 heavy (non-hydrogen) atoms. The van der Waals surface area contributed by atoms with Crippen molar-refractivity contribution in [2.45, 2.75) is 25.8 Å². The minimum Gasteiger partial charge on any atom is -0.396 e. The number of hydrogen-bond donors (Lipinski definition) is 2. The predicted octanol–water partition coefficient (Wildman–Crippen LogP) is 1.78. The normalized spacial score (nSPS) is 21.1. The number of aliphatic hydroxyl groups excluding tert-OH is 1. The van der Waals surface area contributed by atoms with Crippen molar-refractivity contribution >= 4 is 5.69 Å². The fraction of sp³-hybridized carbons (Fsp3) is 0.647. The monoisotopic (exact) mass is 290 g/mol. The summed E-state index contributed by atoms with van der Waals surface area (Å²) in [6, 6.07) is 8.88. The molecule has 2 N–H and O–H groups in total. The van der Waals surface area contributed by atoms with E-state index in [2.05, 4.69) is 34.5 Å². The molecule has 0 radical (unpaired) electrons. The van der Waals surface area contributed by atoms with Gasteiger partial charge in [-0.05, 0) is 37.0 Å². The first kappa shape index (κ1) is 14.8. The van der Waals surface area contributed by atoms with Crippen molar-refractivity contribution in [1.29, 1.82) is 0 Å². The highest BCUT2D eigenvalue weighted by molar-refractivity contribution is 5.47. The van der Waals surface area contributed by atoms with E-state index in [9.17, 15) is 5.11 Å². The Morgan fingerprint density at radius 1 is 1.10 bits per heavy atom. The van der Waals surface area contributed by atoms with Crippen molar-refractivity contribution in [3.8, 4) is 0 Å². The smallest absolute Gasteiger partial charge is 0.0579 e. The molecule has 2 heterocycles. The van der Waals surface area contributed by atoms with Crippen LogP contribution in [0.5, 0.6) is 0 Å². The van der Waals surface area contributed by atoms with Gasteiger partial charge in [0, 0.05) is 31.9 Å². The Bertz CT molecular complexity index is 431. The molecule has 2 saturated heterocycles. The highest BCUT2D eigenvalue weighted by Crippen LogP contribution is 2.25. The number of ether oxygens (including phenoxy) is 1. The van der Waals surface area contributed by atoms with Gasteiger partial charge in [0.25, 0.3) is 0 Å².